The molecule has 1 aromatic carbocycles. The van der Waals surface area contributed by atoms with Gasteiger partial charge >= 0.3 is 0 Å². The SMILES string of the molecule is CC.CP.Cc1cccc(F)c1. The van der Waals surface area contributed by atoms with Gasteiger partial charge in [-0.25, -0.2) is 4.39 Å². The third-order valence-electron chi connectivity index (χ3n) is 0.980. The molecule has 70 valence electrons. The van der Waals surface area contributed by atoms with E-state index in [9.17, 15) is 4.39 Å². The van der Waals surface area contributed by atoms with Gasteiger partial charge in [0.1, 0.15) is 5.82 Å². The Morgan fingerprint density at radius 3 is 1.92 bits per heavy atom. The molecule has 0 nitrogen and oxygen atoms in total. The number of aryl methyl sites for hydroxylation is 1. The van der Waals surface area contributed by atoms with Gasteiger partial charge in [-0.1, -0.05) is 32.6 Å². The average Bonchev–Trinajstić information content (AvgIpc) is 2.11. The first-order valence-corrected chi connectivity index (χ1v) is 5.24. The van der Waals surface area contributed by atoms with Crippen molar-refractivity contribution in [2.24, 2.45) is 0 Å². The third-order valence-corrected chi connectivity index (χ3v) is 0.980. The van der Waals surface area contributed by atoms with Gasteiger partial charge in [-0.15, -0.1) is 9.24 Å². The fourth-order valence-electron chi connectivity index (χ4n) is 0.606. The highest BCUT2D eigenvalue weighted by Gasteiger charge is 1.84. The molecule has 0 fully saturated rings. The quantitative estimate of drug-likeness (QED) is 0.545. The Kier molecular flexibility index (Phi) is 12.5. The number of rotatable bonds is 0. The van der Waals surface area contributed by atoms with Crippen molar-refractivity contribution >= 4 is 9.24 Å². The highest BCUT2D eigenvalue weighted by molar-refractivity contribution is 7.15. The third kappa shape index (κ3) is 7.68. The summed E-state index contributed by atoms with van der Waals surface area (Å²) >= 11 is 0. The number of benzene rings is 1. The minimum atomic E-state index is -0.162. The van der Waals surface area contributed by atoms with Crippen LogP contribution in [0.2, 0.25) is 0 Å². The summed E-state index contributed by atoms with van der Waals surface area (Å²) in [5, 5.41) is 0. The van der Waals surface area contributed by atoms with E-state index in [-0.39, 0.29) is 5.82 Å². The van der Waals surface area contributed by atoms with E-state index in [1.54, 1.807) is 6.07 Å². The standard InChI is InChI=1S/C7H7F.C2H6.CH5P/c1-6-3-2-4-7(8)5-6;2*1-2/h2-5H,1H3;1-2H3;2H2,1H3. The van der Waals surface area contributed by atoms with Gasteiger partial charge in [-0.2, -0.15) is 0 Å². The normalized spacial score (nSPS) is 7.17. The molecule has 0 aliphatic heterocycles. The second-order valence-electron chi connectivity index (χ2n) is 1.80. The maximum absolute atomic E-state index is 12.2. The summed E-state index contributed by atoms with van der Waals surface area (Å²) in [4.78, 5) is 0. The molecule has 1 rings (SSSR count). The van der Waals surface area contributed by atoms with Crippen LogP contribution in [0.4, 0.5) is 4.39 Å². The van der Waals surface area contributed by atoms with Crippen molar-refractivity contribution in [1.29, 1.82) is 0 Å². The van der Waals surface area contributed by atoms with Crippen molar-refractivity contribution in [3.05, 3.63) is 35.6 Å². The number of halogens is 1. The first kappa shape index (κ1) is 14.1. The van der Waals surface area contributed by atoms with Gasteiger partial charge in [0.25, 0.3) is 0 Å². The predicted molar refractivity (Wildman–Crippen MR) is 58.1 cm³/mol. The van der Waals surface area contributed by atoms with Crippen molar-refractivity contribution < 1.29 is 4.39 Å². The van der Waals surface area contributed by atoms with E-state index in [0.29, 0.717) is 0 Å². The highest BCUT2D eigenvalue weighted by atomic mass is 31.0. The molecule has 0 saturated heterocycles. The Morgan fingerprint density at radius 1 is 1.17 bits per heavy atom. The Bertz CT molecular complexity index is 170. The van der Waals surface area contributed by atoms with Gasteiger partial charge in [-0.05, 0) is 24.6 Å². The largest absolute Gasteiger partial charge is 0.207 e. The monoisotopic (exact) mass is 188 g/mol. The van der Waals surface area contributed by atoms with E-state index in [0.717, 1.165) is 5.56 Å². The first-order chi connectivity index (χ1) is 5.79. The Morgan fingerprint density at radius 2 is 1.67 bits per heavy atom. The van der Waals surface area contributed by atoms with Gasteiger partial charge in [0, 0.05) is 0 Å². The van der Waals surface area contributed by atoms with Crippen LogP contribution in [0.1, 0.15) is 19.4 Å². The van der Waals surface area contributed by atoms with Crippen LogP contribution >= 0.6 is 9.24 Å². The average molecular weight is 188 g/mol. The van der Waals surface area contributed by atoms with E-state index in [1.807, 2.05) is 33.5 Å². The molecule has 0 N–H and O–H groups in total. The first-order valence-electron chi connectivity index (χ1n) is 4.09. The van der Waals surface area contributed by atoms with Crippen molar-refractivity contribution in [1.82, 2.24) is 0 Å². The number of hydrogen-bond acceptors (Lipinski definition) is 0. The summed E-state index contributed by atoms with van der Waals surface area (Å²) in [6.45, 7) is 7.78. The molecule has 0 aliphatic rings. The van der Waals surface area contributed by atoms with E-state index < -0.39 is 0 Å². The molecule has 12 heavy (non-hydrogen) atoms. The van der Waals surface area contributed by atoms with Gasteiger partial charge in [0.15, 0.2) is 0 Å². The van der Waals surface area contributed by atoms with Crippen LogP contribution < -0.4 is 0 Å². The van der Waals surface area contributed by atoms with E-state index in [4.69, 9.17) is 0 Å². The van der Waals surface area contributed by atoms with Crippen molar-refractivity contribution in [2.45, 2.75) is 20.8 Å². The Labute approximate surface area is 77.4 Å². The lowest BCUT2D eigenvalue weighted by atomic mass is 10.2. The topological polar surface area (TPSA) is 0 Å². The van der Waals surface area contributed by atoms with Crippen LogP contribution in [0.3, 0.4) is 0 Å². The molecule has 1 atom stereocenters. The summed E-state index contributed by atoms with van der Waals surface area (Å²) in [7, 11) is 2.42. The lowest BCUT2D eigenvalue weighted by molar-refractivity contribution is 0.626. The molecule has 0 aliphatic carbocycles. The molecule has 2 heteroatoms. The van der Waals surface area contributed by atoms with E-state index in [1.165, 1.54) is 12.1 Å². The van der Waals surface area contributed by atoms with Crippen LogP contribution in [-0.2, 0) is 0 Å². The van der Waals surface area contributed by atoms with Gasteiger partial charge in [0.2, 0.25) is 0 Å². The second-order valence-corrected chi connectivity index (χ2v) is 1.80. The number of hydrogen-bond donors (Lipinski definition) is 0. The molecule has 0 heterocycles. The predicted octanol–water partition coefficient (Wildman–Crippen LogP) is 3.65. The Hall–Kier alpha value is -0.420. The minimum absolute atomic E-state index is 0.162. The zero-order valence-electron chi connectivity index (χ0n) is 8.26. The van der Waals surface area contributed by atoms with Crippen molar-refractivity contribution in [2.75, 3.05) is 6.66 Å². The summed E-state index contributed by atoms with van der Waals surface area (Å²) in [5.41, 5.74) is 0.963. The van der Waals surface area contributed by atoms with Gasteiger partial charge in [0.05, 0.1) is 0 Å². The van der Waals surface area contributed by atoms with E-state index >= 15 is 0 Å². The second kappa shape index (κ2) is 10.6. The molecular weight excluding hydrogens is 170 g/mol. The highest BCUT2D eigenvalue weighted by Crippen LogP contribution is 1.99. The lowest BCUT2D eigenvalue weighted by Crippen LogP contribution is -1.72. The fourth-order valence-corrected chi connectivity index (χ4v) is 0.606. The maximum atomic E-state index is 12.2. The summed E-state index contributed by atoms with van der Waals surface area (Å²) in [6.07, 6.45) is 0. The molecule has 0 spiro atoms. The fraction of sp³-hybridized carbons (Fsp3) is 0.400. The van der Waals surface area contributed by atoms with Crippen molar-refractivity contribution in [3.8, 4) is 0 Å². The van der Waals surface area contributed by atoms with Crippen LogP contribution in [-0.4, -0.2) is 6.66 Å². The molecule has 0 aromatic heterocycles. The molecule has 0 saturated carbocycles. The lowest BCUT2D eigenvalue weighted by Gasteiger charge is -1.87. The zero-order chi connectivity index (χ0) is 9.98. The van der Waals surface area contributed by atoms with Crippen LogP contribution in [0.25, 0.3) is 0 Å². The van der Waals surface area contributed by atoms with Crippen molar-refractivity contribution in [3.63, 3.8) is 0 Å². The van der Waals surface area contributed by atoms with Crippen LogP contribution in [0.15, 0.2) is 24.3 Å². The summed E-state index contributed by atoms with van der Waals surface area (Å²) < 4.78 is 12.2. The van der Waals surface area contributed by atoms with Gasteiger partial charge < -0.3 is 0 Å². The van der Waals surface area contributed by atoms with Crippen LogP contribution in [0.5, 0.6) is 0 Å². The molecule has 0 bridgehead atoms. The summed E-state index contributed by atoms with van der Waals surface area (Å²) in [5.74, 6) is -0.162. The van der Waals surface area contributed by atoms with Crippen LogP contribution in [0, 0.1) is 12.7 Å². The zero-order valence-corrected chi connectivity index (χ0v) is 9.42. The summed E-state index contributed by atoms with van der Waals surface area (Å²) in [6, 6.07) is 6.50. The molecule has 0 amide bonds. The molecule has 1 aromatic rings. The molecule has 1 unspecified atom stereocenters. The minimum Gasteiger partial charge on any atom is -0.207 e. The molecular formula is C10H18FP. The smallest absolute Gasteiger partial charge is 0.123 e. The van der Waals surface area contributed by atoms with E-state index in [2.05, 4.69) is 9.24 Å². The molecule has 0 radical (unpaired) electrons. The Balaban J connectivity index is 0. The van der Waals surface area contributed by atoms with Gasteiger partial charge in [-0.3, -0.25) is 0 Å². The maximum Gasteiger partial charge on any atom is 0.123 e.